The van der Waals surface area contributed by atoms with Crippen LogP contribution in [0.4, 0.5) is 0 Å². The van der Waals surface area contributed by atoms with Crippen molar-refractivity contribution in [3.8, 4) is 5.75 Å². The highest BCUT2D eigenvalue weighted by atomic mass is 16.5. The highest BCUT2D eigenvalue weighted by Gasteiger charge is 2.14. The monoisotopic (exact) mass is 336 g/mol. The Morgan fingerprint density at radius 3 is 2.64 bits per heavy atom. The zero-order valence-electron chi connectivity index (χ0n) is 13.8. The summed E-state index contributed by atoms with van der Waals surface area (Å²) in [4.78, 5) is 15.7. The summed E-state index contributed by atoms with van der Waals surface area (Å²) in [7, 11) is 0. The Balaban J connectivity index is 2.00. The predicted molar refractivity (Wildman–Crippen MR) is 96.9 cm³/mol. The van der Waals surface area contributed by atoms with E-state index in [2.05, 4.69) is 4.98 Å². The molecule has 0 fully saturated rings. The Bertz CT molecular complexity index is 879. The maximum absolute atomic E-state index is 11.4. The van der Waals surface area contributed by atoms with E-state index in [1.165, 1.54) is 0 Å². The Morgan fingerprint density at radius 2 is 1.92 bits per heavy atom. The van der Waals surface area contributed by atoms with Gasteiger partial charge >= 0.3 is 5.97 Å². The summed E-state index contributed by atoms with van der Waals surface area (Å²) in [6, 6.07) is 17.1. The predicted octanol–water partition coefficient (Wildman–Crippen LogP) is 3.40. The lowest BCUT2D eigenvalue weighted by molar-refractivity contribution is 0.0691. The second-order valence-electron chi connectivity index (χ2n) is 5.79. The number of pyridine rings is 1. The molecule has 0 unspecified atom stereocenters. The number of carboxylic acid groups (broad SMARTS) is 1. The van der Waals surface area contributed by atoms with Crippen molar-refractivity contribution in [3.05, 3.63) is 71.4 Å². The lowest BCUT2D eigenvalue weighted by Gasteiger charge is -2.12. The zero-order valence-corrected chi connectivity index (χ0v) is 13.8. The van der Waals surface area contributed by atoms with Crippen LogP contribution in [0, 0.1) is 0 Å². The van der Waals surface area contributed by atoms with Crippen molar-refractivity contribution in [1.29, 1.82) is 0 Å². The molecule has 25 heavy (non-hydrogen) atoms. The fraction of sp³-hybridized carbons (Fsp3) is 0.200. The average molecular weight is 336 g/mol. The Kier molecular flexibility index (Phi) is 5.26. The third-order valence-corrected chi connectivity index (χ3v) is 3.99. The van der Waals surface area contributed by atoms with E-state index in [1.807, 2.05) is 48.5 Å². The van der Waals surface area contributed by atoms with Crippen LogP contribution in [0.1, 0.15) is 28.0 Å². The van der Waals surface area contributed by atoms with Gasteiger partial charge in [0.15, 0.2) is 0 Å². The summed E-state index contributed by atoms with van der Waals surface area (Å²) < 4.78 is 5.92. The number of benzene rings is 2. The van der Waals surface area contributed by atoms with E-state index >= 15 is 0 Å². The molecule has 1 aromatic heterocycles. The van der Waals surface area contributed by atoms with Gasteiger partial charge in [-0.2, -0.15) is 0 Å². The molecule has 0 radical (unpaired) electrons. The Hall–Kier alpha value is -2.92. The molecule has 0 saturated carbocycles. The van der Waals surface area contributed by atoms with Crippen molar-refractivity contribution < 1.29 is 14.6 Å². The number of aromatic carboxylic acids is 1. The van der Waals surface area contributed by atoms with E-state index in [0.29, 0.717) is 30.8 Å². The molecule has 3 rings (SSSR count). The fourth-order valence-corrected chi connectivity index (χ4v) is 2.75. The van der Waals surface area contributed by atoms with Gasteiger partial charge in [0.05, 0.1) is 0 Å². The largest absolute Gasteiger partial charge is 0.487 e. The van der Waals surface area contributed by atoms with Crippen molar-refractivity contribution in [1.82, 2.24) is 4.98 Å². The van der Waals surface area contributed by atoms with Gasteiger partial charge in [0.1, 0.15) is 23.6 Å². The first-order chi connectivity index (χ1) is 12.2. The van der Waals surface area contributed by atoms with Crippen LogP contribution in [0.5, 0.6) is 5.75 Å². The first-order valence-electron chi connectivity index (χ1n) is 8.22. The van der Waals surface area contributed by atoms with E-state index in [4.69, 9.17) is 10.5 Å². The molecule has 0 aliphatic heterocycles. The summed E-state index contributed by atoms with van der Waals surface area (Å²) in [6.45, 7) is 0.952. The molecule has 0 aliphatic rings. The molecule has 2 aromatic carbocycles. The Morgan fingerprint density at radius 1 is 1.12 bits per heavy atom. The van der Waals surface area contributed by atoms with E-state index in [9.17, 15) is 9.90 Å². The van der Waals surface area contributed by atoms with Crippen molar-refractivity contribution in [2.45, 2.75) is 19.4 Å². The highest BCUT2D eigenvalue weighted by molar-refractivity contribution is 5.93. The van der Waals surface area contributed by atoms with E-state index in [-0.39, 0.29) is 5.69 Å². The van der Waals surface area contributed by atoms with Crippen LogP contribution in [0.15, 0.2) is 54.6 Å². The maximum atomic E-state index is 11.4. The molecule has 0 saturated heterocycles. The highest BCUT2D eigenvalue weighted by Crippen LogP contribution is 2.28. The second-order valence-corrected chi connectivity index (χ2v) is 5.79. The van der Waals surface area contributed by atoms with Gasteiger partial charge in [0, 0.05) is 5.39 Å². The lowest BCUT2D eigenvalue weighted by atomic mass is 10.0. The second kappa shape index (κ2) is 7.77. The molecule has 3 N–H and O–H groups in total. The fourth-order valence-electron chi connectivity index (χ4n) is 2.75. The minimum absolute atomic E-state index is 0.0234. The SMILES string of the molecule is NCCCc1cc(C(=O)O)nc2c(OCc3ccccc3)cccc12. The molecule has 5 nitrogen and oxygen atoms in total. The van der Waals surface area contributed by atoms with Crippen LogP contribution in [0.3, 0.4) is 0 Å². The normalized spacial score (nSPS) is 10.8. The van der Waals surface area contributed by atoms with Crippen LogP contribution in [-0.2, 0) is 13.0 Å². The van der Waals surface area contributed by atoms with Gasteiger partial charge in [-0.1, -0.05) is 42.5 Å². The number of ether oxygens (including phenoxy) is 1. The number of nitrogens with zero attached hydrogens (tertiary/aromatic N) is 1. The molecular formula is C20H20N2O3. The van der Waals surface area contributed by atoms with Crippen molar-refractivity contribution in [2.75, 3.05) is 6.54 Å². The van der Waals surface area contributed by atoms with Gasteiger partial charge in [0.25, 0.3) is 0 Å². The van der Waals surface area contributed by atoms with Gasteiger partial charge in [-0.05, 0) is 42.6 Å². The van der Waals surface area contributed by atoms with Crippen LogP contribution in [-0.4, -0.2) is 22.6 Å². The van der Waals surface area contributed by atoms with Gasteiger partial charge in [-0.15, -0.1) is 0 Å². The standard InChI is InChI=1S/C20H20N2O3/c21-11-5-8-15-12-17(20(23)24)22-19-16(15)9-4-10-18(19)25-13-14-6-2-1-3-7-14/h1-4,6-7,9-10,12H,5,8,11,13,21H2,(H,23,24). The molecule has 0 bridgehead atoms. The molecule has 0 amide bonds. The minimum Gasteiger partial charge on any atom is -0.487 e. The van der Waals surface area contributed by atoms with Gasteiger partial charge in [-0.25, -0.2) is 9.78 Å². The third kappa shape index (κ3) is 3.95. The number of hydrogen-bond donors (Lipinski definition) is 2. The number of aryl methyl sites for hydroxylation is 1. The van der Waals surface area contributed by atoms with Gasteiger partial charge in [0.2, 0.25) is 0 Å². The van der Waals surface area contributed by atoms with Gasteiger partial charge in [-0.3, -0.25) is 0 Å². The smallest absolute Gasteiger partial charge is 0.354 e. The molecule has 3 aromatic rings. The molecule has 0 aliphatic carbocycles. The van der Waals surface area contributed by atoms with Crippen LogP contribution in [0.25, 0.3) is 10.9 Å². The first-order valence-corrected chi connectivity index (χ1v) is 8.22. The van der Waals surface area contributed by atoms with E-state index in [0.717, 1.165) is 22.9 Å². The quantitative estimate of drug-likeness (QED) is 0.690. The van der Waals surface area contributed by atoms with Crippen LogP contribution >= 0.6 is 0 Å². The summed E-state index contributed by atoms with van der Waals surface area (Å²) in [5.74, 6) is -0.466. The first kappa shape index (κ1) is 16.9. The van der Waals surface area contributed by atoms with E-state index in [1.54, 1.807) is 6.07 Å². The number of aromatic nitrogens is 1. The summed E-state index contributed by atoms with van der Waals surface area (Å²) in [5.41, 5.74) is 8.17. The molecule has 5 heteroatoms. The van der Waals surface area contributed by atoms with Crippen molar-refractivity contribution >= 4 is 16.9 Å². The third-order valence-electron chi connectivity index (χ3n) is 3.99. The van der Waals surface area contributed by atoms with Crippen molar-refractivity contribution in [2.24, 2.45) is 5.73 Å². The number of carbonyl (C=O) groups is 1. The number of para-hydroxylation sites is 1. The lowest BCUT2D eigenvalue weighted by Crippen LogP contribution is -2.06. The summed E-state index contributed by atoms with van der Waals surface area (Å²) in [5, 5.41) is 10.3. The topological polar surface area (TPSA) is 85.4 Å². The van der Waals surface area contributed by atoms with Crippen molar-refractivity contribution in [3.63, 3.8) is 0 Å². The average Bonchev–Trinajstić information content (AvgIpc) is 2.65. The van der Waals surface area contributed by atoms with Crippen LogP contribution < -0.4 is 10.5 Å². The number of nitrogens with two attached hydrogens (primary N) is 1. The molecular weight excluding hydrogens is 316 g/mol. The van der Waals surface area contributed by atoms with Crippen LogP contribution in [0.2, 0.25) is 0 Å². The Labute approximate surface area is 146 Å². The summed E-state index contributed by atoms with van der Waals surface area (Å²) in [6.07, 6.45) is 1.49. The van der Waals surface area contributed by atoms with E-state index < -0.39 is 5.97 Å². The number of carboxylic acids is 1. The number of rotatable bonds is 7. The maximum Gasteiger partial charge on any atom is 0.354 e. The number of fused-ring (bicyclic) bond motifs is 1. The van der Waals surface area contributed by atoms with Gasteiger partial charge < -0.3 is 15.6 Å². The molecule has 128 valence electrons. The minimum atomic E-state index is -1.05. The molecule has 0 spiro atoms. The molecule has 0 atom stereocenters. The molecule has 1 heterocycles. The number of hydrogen-bond acceptors (Lipinski definition) is 4. The summed E-state index contributed by atoms with van der Waals surface area (Å²) >= 11 is 0. The zero-order chi connectivity index (χ0) is 17.6.